The molecule has 0 aromatic heterocycles. The van der Waals surface area contributed by atoms with E-state index < -0.39 is 5.60 Å². The zero-order chi connectivity index (χ0) is 17.0. The first-order valence-electron chi connectivity index (χ1n) is 8.26. The molecular formula is C21H34O2. The lowest BCUT2D eigenvalue weighted by molar-refractivity contribution is 0.0765. The van der Waals surface area contributed by atoms with Gasteiger partial charge in [-0.3, -0.25) is 0 Å². The summed E-state index contributed by atoms with van der Waals surface area (Å²) in [5, 5.41) is 8.83. The topological polar surface area (TPSA) is 51.7 Å². The Kier molecular flexibility index (Phi) is 13.2. The molecule has 0 radical (unpaired) electrons. The predicted molar refractivity (Wildman–Crippen MR) is 102 cm³/mol. The number of benzene rings is 2. The lowest BCUT2D eigenvalue weighted by Crippen LogP contribution is -2.15. The normalized spacial score (nSPS) is 9.74. The Balaban J connectivity index is 0. The first-order valence-corrected chi connectivity index (χ1v) is 8.26. The Morgan fingerprint density at radius 1 is 0.826 bits per heavy atom. The van der Waals surface area contributed by atoms with Crippen molar-refractivity contribution in [1.82, 2.24) is 0 Å². The van der Waals surface area contributed by atoms with Gasteiger partial charge in [-0.2, -0.15) is 0 Å². The zero-order valence-corrected chi connectivity index (χ0v) is 15.5. The van der Waals surface area contributed by atoms with Gasteiger partial charge in [0, 0.05) is 5.92 Å². The van der Waals surface area contributed by atoms with Crippen molar-refractivity contribution in [2.45, 2.75) is 59.5 Å². The Bertz CT molecular complexity index is 433. The summed E-state index contributed by atoms with van der Waals surface area (Å²) in [5.41, 5.74) is 2.29. The highest BCUT2D eigenvalue weighted by Crippen LogP contribution is 2.22. The minimum atomic E-state index is -0.458. The van der Waals surface area contributed by atoms with Gasteiger partial charge in [-0.15, -0.1) is 0 Å². The van der Waals surface area contributed by atoms with Crippen LogP contribution in [-0.4, -0.2) is 16.2 Å². The average Bonchev–Trinajstić information content (AvgIpc) is 2.57. The smallest absolute Gasteiger partial charge is 0.0589 e. The summed E-state index contributed by atoms with van der Waals surface area (Å²) in [7, 11) is 0. The molecular weight excluding hydrogens is 284 g/mol. The number of aliphatic hydroxyl groups is 1. The molecule has 0 unspecified atom stereocenters. The fraction of sp³-hybridized carbons (Fsp3) is 0.429. The van der Waals surface area contributed by atoms with Crippen LogP contribution in [0.15, 0.2) is 60.7 Å². The van der Waals surface area contributed by atoms with E-state index in [1.54, 1.807) is 13.8 Å². The second-order valence-corrected chi connectivity index (χ2v) is 5.71. The van der Waals surface area contributed by atoms with Gasteiger partial charge in [0.1, 0.15) is 0 Å². The Hall–Kier alpha value is -1.64. The first-order chi connectivity index (χ1) is 10.4. The summed E-state index contributed by atoms with van der Waals surface area (Å²) in [6.07, 6.45) is 0.826. The monoisotopic (exact) mass is 318 g/mol. The van der Waals surface area contributed by atoms with Crippen LogP contribution in [0.2, 0.25) is 0 Å². The van der Waals surface area contributed by atoms with Crippen LogP contribution in [0, 0.1) is 0 Å². The summed E-state index contributed by atoms with van der Waals surface area (Å²) in [4.78, 5) is 0. The fourth-order valence-corrected chi connectivity index (χ4v) is 1.68. The van der Waals surface area contributed by atoms with E-state index in [2.05, 4.69) is 67.6 Å². The molecule has 0 amide bonds. The minimum Gasteiger partial charge on any atom is -0.412 e. The maximum Gasteiger partial charge on any atom is 0.0589 e. The molecule has 0 fully saturated rings. The van der Waals surface area contributed by atoms with Gasteiger partial charge in [0.25, 0.3) is 0 Å². The fourth-order valence-electron chi connectivity index (χ4n) is 1.68. The van der Waals surface area contributed by atoms with Crippen molar-refractivity contribution >= 4 is 0 Å². The predicted octanol–water partition coefficient (Wildman–Crippen LogP) is 5.21. The second kappa shape index (κ2) is 12.9. The third-order valence-corrected chi connectivity index (χ3v) is 3.46. The van der Waals surface area contributed by atoms with Gasteiger partial charge in [-0.25, -0.2) is 0 Å². The van der Waals surface area contributed by atoms with Crippen LogP contribution in [0.1, 0.15) is 65.0 Å². The van der Waals surface area contributed by atoms with Crippen molar-refractivity contribution in [3.63, 3.8) is 0 Å². The van der Waals surface area contributed by atoms with E-state index >= 15 is 0 Å². The van der Waals surface area contributed by atoms with E-state index in [0.29, 0.717) is 5.92 Å². The third kappa shape index (κ3) is 10.7. The maximum absolute atomic E-state index is 8.83. The molecule has 0 heterocycles. The summed E-state index contributed by atoms with van der Waals surface area (Å²) < 4.78 is 0. The summed E-state index contributed by atoms with van der Waals surface area (Å²) >= 11 is 0. The van der Waals surface area contributed by atoms with Gasteiger partial charge in [0.15, 0.2) is 0 Å². The molecule has 0 spiro atoms. The molecule has 0 bridgehead atoms. The van der Waals surface area contributed by atoms with E-state index in [1.165, 1.54) is 11.1 Å². The molecule has 2 heteroatoms. The van der Waals surface area contributed by atoms with E-state index in [9.17, 15) is 0 Å². The minimum absolute atomic E-state index is 0. The maximum atomic E-state index is 8.83. The van der Waals surface area contributed by atoms with Crippen molar-refractivity contribution in [2.24, 2.45) is 0 Å². The third-order valence-electron chi connectivity index (χ3n) is 3.46. The van der Waals surface area contributed by atoms with Gasteiger partial charge in [0.2, 0.25) is 0 Å². The van der Waals surface area contributed by atoms with Crippen LogP contribution in [0.25, 0.3) is 0 Å². The average molecular weight is 319 g/mol. The first kappa shape index (κ1) is 23.6. The van der Waals surface area contributed by atoms with Crippen LogP contribution in [-0.2, 0) is 0 Å². The second-order valence-electron chi connectivity index (χ2n) is 5.71. The van der Waals surface area contributed by atoms with Crippen molar-refractivity contribution in [1.29, 1.82) is 0 Å². The lowest BCUT2D eigenvalue weighted by atomic mass is 9.93. The molecule has 23 heavy (non-hydrogen) atoms. The summed E-state index contributed by atoms with van der Waals surface area (Å²) in [6.45, 7) is 11.8. The molecule has 2 aromatic carbocycles. The molecule has 0 atom stereocenters. The molecule has 0 saturated heterocycles. The highest BCUT2D eigenvalue weighted by Gasteiger charge is 2.06. The Morgan fingerprint density at radius 3 is 1.30 bits per heavy atom. The van der Waals surface area contributed by atoms with Crippen molar-refractivity contribution < 1.29 is 10.6 Å². The molecule has 2 aromatic rings. The van der Waals surface area contributed by atoms with Gasteiger partial charge in [-0.1, -0.05) is 88.4 Å². The standard InChI is InChI=1S/C14H14.C5H12O.C2H6.H2O/c1-12(13-8-4-2-5-9-13)14-10-6-3-7-11-14;1-4-5(2,3)6;1-2;/h2-12H,1H3;6H,4H2,1-3H3;1-2H3;1H2. The van der Waals surface area contributed by atoms with Crippen LogP contribution < -0.4 is 0 Å². The zero-order valence-electron chi connectivity index (χ0n) is 15.5. The number of hydrogen-bond donors (Lipinski definition) is 1. The van der Waals surface area contributed by atoms with Crippen LogP contribution >= 0.6 is 0 Å². The Morgan fingerprint density at radius 2 is 1.09 bits per heavy atom. The van der Waals surface area contributed by atoms with Crippen LogP contribution in [0.4, 0.5) is 0 Å². The molecule has 0 aliphatic rings. The molecule has 2 rings (SSSR count). The van der Waals surface area contributed by atoms with Gasteiger partial charge in [0.05, 0.1) is 5.60 Å². The van der Waals surface area contributed by atoms with Gasteiger partial charge in [-0.05, 0) is 31.4 Å². The SMILES string of the molecule is CC.CC(c1ccccc1)c1ccccc1.CCC(C)(C)O.O. The molecule has 0 saturated carbocycles. The van der Waals surface area contributed by atoms with Crippen LogP contribution in [0.3, 0.4) is 0 Å². The van der Waals surface area contributed by atoms with Crippen molar-refractivity contribution in [3.8, 4) is 0 Å². The van der Waals surface area contributed by atoms with Crippen LogP contribution in [0.5, 0.6) is 0 Å². The number of rotatable bonds is 3. The molecule has 0 aliphatic carbocycles. The highest BCUT2D eigenvalue weighted by atomic mass is 16.3. The van der Waals surface area contributed by atoms with Gasteiger partial charge >= 0.3 is 0 Å². The molecule has 130 valence electrons. The lowest BCUT2D eigenvalue weighted by Gasteiger charge is -2.11. The summed E-state index contributed by atoms with van der Waals surface area (Å²) in [6, 6.07) is 21.2. The largest absolute Gasteiger partial charge is 0.412 e. The molecule has 3 N–H and O–H groups in total. The van der Waals surface area contributed by atoms with E-state index in [1.807, 2.05) is 20.8 Å². The Labute approximate surface area is 142 Å². The van der Waals surface area contributed by atoms with Gasteiger partial charge < -0.3 is 10.6 Å². The van der Waals surface area contributed by atoms with E-state index in [0.717, 1.165) is 6.42 Å². The van der Waals surface area contributed by atoms with E-state index in [4.69, 9.17) is 5.11 Å². The van der Waals surface area contributed by atoms with E-state index in [-0.39, 0.29) is 5.48 Å². The molecule has 2 nitrogen and oxygen atoms in total. The quantitative estimate of drug-likeness (QED) is 0.830. The highest BCUT2D eigenvalue weighted by molar-refractivity contribution is 5.31. The summed E-state index contributed by atoms with van der Waals surface area (Å²) in [5.74, 6) is 0.484. The van der Waals surface area contributed by atoms with Crippen molar-refractivity contribution in [2.75, 3.05) is 0 Å². The van der Waals surface area contributed by atoms with Crippen molar-refractivity contribution in [3.05, 3.63) is 71.8 Å². The number of hydrogen-bond acceptors (Lipinski definition) is 1. The molecule has 0 aliphatic heterocycles.